The molecule has 1 aromatic rings. The molecule has 1 aliphatic heterocycles. The molecule has 0 unspecified atom stereocenters. The lowest BCUT2D eigenvalue weighted by Crippen LogP contribution is -2.41. The van der Waals surface area contributed by atoms with Crippen LogP contribution in [0.25, 0.3) is 0 Å². The van der Waals surface area contributed by atoms with E-state index in [4.69, 9.17) is 4.74 Å². The van der Waals surface area contributed by atoms with E-state index in [1.807, 2.05) is 13.8 Å². The number of nitrogens with zero attached hydrogens (tertiary/aromatic N) is 3. The Morgan fingerprint density at radius 2 is 1.80 bits per heavy atom. The van der Waals surface area contributed by atoms with Crippen molar-refractivity contribution in [3.63, 3.8) is 0 Å². The first-order valence-corrected chi connectivity index (χ1v) is 12.0. The van der Waals surface area contributed by atoms with Gasteiger partial charge in [-0.05, 0) is 37.2 Å². The van der Waals surface area contributed by atoms with Crippen molar-refractivity contribution in [1.82, 2.24) is 14.1 Å². The molecule has 30 heavy (non-hydrogen) atoms. The van der Waals surface area contributed by atoms with E-state index in [1.54, 1.807) is 4.90 Å². The van der Waals surface area contributed by atoms with Gasteiger partial charge in [-0.2, -0.15) is 4.31 Å². The minimum atomic E-state index is -3.81. The van der Waals surface area contributed by atoms with E-state index in [0.29, 0.717) is 32.8 Å². The number of rotatable bonds is 10. The van der Waals surface area contributed by atoms with Gasteiger partial charge in [0.25, 0.3) is 5.91 Å². The molecule has 0 aromatic heterocycles. The molecule has 7 nitrogen and oxygen atoms in total. The van der Waals surface area contributed by atoms with Crippen molar-refractivity contribution in [2.45, 2.75) is 32.6 Å². The molecule has 0 bridgehead atoms. The maximum absolute atomic E-state index is 14.6. The molecule has 1 amide bonds. The highest BCUT2D eigenvalue weighted by Crippen LogP contribution is 2.21. The number of hydrogen-bond acceptors (Lipinski definition) is 5. The maximum Gasteiger partial charge on any atom is 0.256 e. The summed E-state index contributed by atoms with van der Waals surface area (Å²) >= 11 is 0. The number of ether oxygens (including phenoxy) is 1. The van der Waals surface area contributed by atoms with Crippen molar-refractivity contribution in [2.24, 2.45) is 5.92 Å². The van der Waals surface area contributed by atoms with Crippen LogP contribution in [0, 0.1) is 11.7 Å². The third-order valence-corrected chi connectivity index (χ3v) is 7.12. The van der Waals surface area contributed by atoms with Crippen molar-refractivity contribution in [3.8, 4) is 0 Å². The highest BCUT2D eigenvalue weighted by Gasteiger charge is 2.29. The summed E-state index contributed by atoms with van der Waals surface area (Å²) in [6, 6.07) is 3.46. The SMILES string of the molecule is CCN(CC)CCN(CC(C)C)C(=O)c1cc(S(=O)(=O)N2CCOCC2)ccc1F. The lowest BCUT2D eigenvalue weighted by Gasteiger charge is -2.28. The van der Waals surface area contributed by atoms with E-state index in [9.17, 15) is 17.6 Å². The monoisotopic (exact) mass is 443 g/mol. The Hall–Kier alpha value is -1.55. The van der Waals surface area contributed by atoms with Gasteiger partial charge in [-0.1, -0.05) is 27.7 Å². The van der Waals surface area contributed by atoms with Gasteiger partial charge in [-0.15, -0.1) is 0 Å². The van der Waals surface area contributed by atoms with Gasteiger partial charge < -0.3 is 14.5 Å². The van der Waals surface area contributed by atoms with E-state index >= 15 is 0 Å². The molecular formula is C21H34FN3O4S. The molecule has 0 saturated carbocycles. The Morgan fingerprint density at radius 3 is 2.37 bits per heavy atom. The Labute approximate surface area is 179 Å². The molecule has 2 rings (SSSR count). The molecular weight excluding hydrogens is 409 g/mol. The largest absolute Gasteiger partial charge is 0.379 e. The molecule has 1 aliphatic rings. The molecule has 1 aromatic carbocycles. The summed E-state index contributed by atoms with van der Waals surface area (Å²) in [7, 11) is -3.81. The third kappa shape index (κ3) is 6.23. The first-order chi connectivity index (χ1) is 14.2. The standard InChI is InChI=1S/C21H34FN3O4S/c1-5-23(6-2)9-10-24(16-17(3)4)21(26)19-15-18(7-8-20(19)22)30(27,28)25-11-13-29-14-12-25/h7-8,15,17H,5-6,9-14,16H2,1-4H3. The number of likely N-dealkylation sites (N-methyl/N-ethyl adjacent to an activating group) is 1. The second-order valence-corrected chi connectivity index (χ2v) is 9.77. The fourth-order valence-corrected chi connectivity index (χ4v) is 4.89. The minimum Gasteiger partial charge on any atom is -0.379 e. The number of amides is 1. The Morgan fingerprint density at radius 1 is 1.17 bits per heavy atom. The van der Waals surface area contributed by atoms with E-state index in [0.717, 1.165) is 19.2 Å². The van der Waals surface area contributed by atoms with Crippen LogP contribution in [-0.2, 0) is 14.8 Å². The molecule has 170 valence electrons. The van der Waals surface area contributed by atoms with Gasteiger partial charge in [-0.3, -0.25) is 4.79 Å². The van der Waals surface area contributed by atoms with E-state index < -0.39 is 21.7 Å². The van der Waals surface area contributed by atoms with Crippen LogP contribution in [0.3, 0.4) is 0 Å². The normalized spacial score (nSPS) is 15.7. The predicted molar refractivity (Wildman–Crippen MR) is 115 cm³/mol. The minimum absolute atomic E-state index is 0.0672. The fraction of sp³-hybridized carbons (Fsp3) is 0.667. The van der Waals surface area contributed by atoms with Gasteiger partial charge in [0.2, 0.25) is 10.0 Å². The van der Waals surface area contributed by atoms with Gasteiger partial charge in [0, 0.05) is 32.7 Å². The van der Waals surface area contributed by atoms with Crippen molar-refractivity contribution in [3.05, 3.63) is 29.6 Å². The van der Waals surface area contributed by atoms with Crippen LogP contribution in [0.4, 0.5) is 4.39 Å². The summed E-state index contributed by atoms with van der Waals surface area (Å²) in [5.74, 6) is -0.987. The van der Waals surface area contributed by atoms with Crippen molar-refractivity contribution >= 4 is 15.9 Å². The Kier molecular flexibility index (Phi) is 9.21. The number of halogens is 1. The van der Waals surface area contributed by atoms with Crippen molar-refractivity contribution in [2.75, 3.05) is 59.0 Å². The van der Waals surface area contributed by atoms with Crippen LogP contribution in [0.2, 0.25) is 0 Å². The summed E-state index contributed by atoms with van der Waals surface area (Å²) in [5.41, 5.74) is -0.204. The van der Waals surface area contributed by atoms with Gasteiger partial charge in [0.15, 0.2) is 0 Å². The maximum atomic E-state index is 14.6. The first-order valence-electron chi connectivity index (χ1n) is 10.6. The molecule has 0 spiro atoms. The average molecular weight is 444 g/mol. The predicted octanol–water partition coefficient (Wildman–Crippen LogP) is 2.29. The van der Waals surface area contributed by atoms with Crippen LogP contribution in [-0.4, -0.2) is 87.5 Å². The quantitative estimate of drug-likeness (QED) is 0.555. The number of carbonyl (C=O) groups is 1. The van der Waals surface area contributed by atoms with Crippen LogP contribution in [0.1, 0.15) is 38.1 Å². The second kappa shape index (κ2) is 11.2. The average Bonchev–Trinajstić information content (AvgIpc) is 2.73. The summed E-state index contributed by atoms with van der Waals surface area (Å²) in [6.07, 6.45) is 0. The van der Waals surface area contributed by atoms with Crippen LogP contribution in [0.5, 0.6) is 0 Å². The Bertz CT molecular complexity index is 806. The molecule has 0 N–H and O–H groups in total. The van der Waals surface area contributed by atoms with Crippen molar-refractivity contribution < 1.29 is 22.3 Å². The highest BCUT2D eigenvalue weighted by molar-refractivity contribution is 7.89. The lowest BCUT2D eigenvalue weighted by molar-refractivity contribution is 0.0710. The number of sulfonamides is 1. The molecule has 0 radical (unpaired) electrons. The van der Waals surface area contributed by atoms with Crippen LogP contribution >= 0.6 is 0 Å². The summed E-state index contributed by atoms with van der Waals surface area (Å²) in [4.78, 5) is 16.9. The van der Waals surface area contributed by atoms with Gasteiger partial charge >= 0.3 is 0 Å². The third-order valence-electron chi connectivity index (χ3n) is 5.23. The number of hydrogen-bond donors (Lipinski definition) is 0. The smallest absolute Gasteiger partial charge is 0.256 e. The second-order valence-electron chi connectivity index (χ2n) is 7.83. The number of carbonyl (C=O) groups excluding carboxylic acids is 1. The molecule has 1 heterocycles. The molecule has 1 fully saturated rings. The molecule has 0 aliphatic carbocycles. The van der Waals surface area contributed by atoms with Crippen LogP contribution < -0.4 is 0 Å². The van der Waals surface area contributed by atoms with Gasteiger partial charge in [0.05, 0.1) is 23.7 Å². The zero-order chi connectivity index (χ0) is 22.3. The fourth-order valence-electron chi connectivity index (χ4n) is 3.45. The number of morpholine rings is 1. The zero-order valence-corrected chi connectivity index (χ0v) is 19.3. The topological polar surface area (TPSA) is 70.2 Å². The van der Waals surface area contributed by atoms with E-state index in [2.05, 4.69) is 18.7 Å². The van der Waals surface area contributed by atoms with Crippen LogP contribution in [0.15, 0.2) is 23.1 Å². The lowest BCUT2D eigenvalue weighted by atomic mass is 10.1. The van der Waals surface area contributed by atoms with E-state index in [-0.39, 0.29) is 29.5 Å². The van der Waals surface area contributed by atoms with Gasteiger partial charge in [0.1, 0.15) is 5.82 Å². The zero-order valence-electron chi connectivity index (χ0n) is 18.4. The van der Waals surface area contributed by atoms with Crippen molar-refractivity contribution in [1.29, 1.82) is 0 Å². The molecule has 0 atom stereocenters. The number of benzene rings is 1. The Balaban J connectivity index is 2.30. The highest BCUT2D eigenvalue weighted by atomic mass is 32.2. The first kappa shape index (κ1) is 24.7. The van der Waals surface area contributed by atoms with Gasteiger partial charge in [-0.25, -0.2) is 12.8 Å². The molecule has 1 saturated heterocycles. The summed E-state index contributed by atoms with van der Waals surface area (Å²) < 4.78 is 47.0. The summed E-state index contributed by atoms with van der Waals surface area (Å²) in [5, 5.41) is 0. The molecule has 9 heteroatoms. The summed E-state index contributed by atoms with van der Waals surface area (Å²) in [6.45, 7) is 12.6. The van der Waals surface area contributed by atoms with E-state index in [1.165, 1.54) is 16.4 Å².